The third-order valence-corrected chi connectivity index (χ3v) is 3.17. The number of unbranched alkanes of at least 4 members (excludes halogenated alkanes) is 1. The van der Waals surface area contributed by atoms with Crippen LogP contribution in [0, 0.1) is 5.41 Å². The Labute approximate surface area is 83.3 Å². The van der Waals surface area contributed by atoms with E-state index in [1.165, 1.54) is 45.1 Å². The summed E-state index contributed by atoms with van der Waals surface area (Å²) in [6.45, 7) is 8.28. The van der Waals surface area contributed by atoms with Crippen molar-refractivity contribution in [3.8, 4) is 0 Å². The van der Waals surface area contributed by atoms with E-state index in [4.69, 9.17) is 0 Å². The molecule has 1 aliphatic rings. The third-order valence-electron chi connectivity index (χ3n) is 3.17. The maximum atomic E-state index is 3.68. The van der Waals surface area contributed by atoms with Crippen molar-refractivity contribution in [1.82, 2.24) is 5.32 Å². The molecule has 0 heterocycles. The van der Waals surface area contributed by atoms with Crippen LogP contribution < -0.4 is 5.32 Å². The molecule has 1 aliphatic carbocycles. The molecule has 1 nitrogen and oxygen atoms in total. The van der Waals surface area contributed by atoms with Gasteiger partial charge in [-0.15, -0.1) is 0 Å². The van der Waals surface area contributed by atoms with Crippen LogP contribution in [0.5, 0.6) is 0 Å². The SMILES string of the molecule is CCCCNC1CCCC(C)(C)C1. The molecule has 0 radical (unpaired) electrons. The Balaban J connectivity index is 2.19. The molecule has 1 N–H and O–H groups in total. The van der Waals surface area contributed by atoms with Crippen molar-refractivity contribution < 1.29 is 0 Å². The molecule has 1 rings (SSSR count). The molecule has 0 amide bonds. The zero-order valence-corrected chi connectivity index (χ0v) is 9.53. The van der Waals surface area contributed by atoms with Crippen LogP contribution in [0.15, 0.2) is 0 Å². The fraction of sp³-hybridized carbons (Fsp3) is 1.00. The number of hydrogen-bond donors (Lipinski definition) is 1. The lowest BCUT2D eigenvalue weighted by atomic mass is 9.75. The zero-order chi connectivity index (χ0) is 9.73. The maximum absolute atomic E-state index is 3.68. The van der Waals surface area contributed by atoms with E-state index in [2.05, 4.69) is 26.1 Å². The van der Waals surface area contributed by atoms with Gasteiger partial charge in [0.25, 0.3) is 0 Å². The molecule has 1 unspecified atom stereocenters. The summed E-state index contributed by atoms with van der Waals surface area (Å²) in [5.41, 5.74) is 0.585. The second-order valence-electron chi connectivity index (χ2n) is 5.27. The van der Waals surface area contributed by atoms with E-state index < -0.39 is 0 Å². The average molecular weight is 183 g/mol. The quantitative estimate of drug-likeness (QED) is 0.659. The molecule has 13 heavy (non-hydrogen) atoms. The lowest BCUT2D eigenvalue weighted by molar-refractivity contribution is 0.198. The van der Waals surface area contributed by atoms with Crippen molar-refractivity contribution in [3.05, 3.63) is 0 Å². The number of hydrogen-bond acceptors (Lipinski definition) is 1. The molecule has 0 bridgehead atoms. The third kappa shape index (κ3) is 4.12. The van der Waals surface area contributed by atoms with Gasteiger partial charge < -0.3 is 5.32 Å². The summed E-state index contributed by atoms with van der Waals surface area (Å²) in [5, 5.41) is 3.68. The first kappa shape index (κ1) is 11.0. The van der Waals surface area contributed by atoms with Gasteiger partial charge in [-0.05, 0) is 37.6 Å². The summed E-state index contributed by atoms with van der Waals surface area (Å²) < 4.78 is 0. The summed E-state index contributed by atoms with van der Waals surface area (Å²) in [6.07, 6.45) is 8.24. The molecule has 0 aromatic rings. The first-order valence-corrected chi connectivity index (χ1v) is 5.87. The Morgan fingerprint density at radius 2 is 2.15 bits per heavy atom. The van der Waals surface area contributed by atoms with Gasteiger partial charge in [0.2, 0.25) is 0 Å². The minimum Gasteiger partial charge on any atom is -0.314 e. The highest BCUT2D eigenvalue weighted by Crippen LogP contribution is 2.34. The highest BCUT2D eigenvalue weighted by molar-refractivity contribution is 4.83. The second kappa shape index (κ2) is 4.99. The molecular weight excluding hydrogens is 158 g/mol. The summed E-state index contributed by atoms with van der Waals surface area (Å²) in [4.78, 5) is 0. The molecule has 1 atom stereocenters. The van der Waals surface area contributed by atoms with E-state index in [-0.39, 0.29) is 0 Å². The molecule has 0 aliphatic heterocycles. The minimum atomic E-state index is 0.585. The first-order valence-electron chi connectivity index (χ1n) is 5.87. The second-order valence-corrected chi connectivity index (χ2v) is 5.27. The Hall–Kier alpha value is -0.0400. The zero-order valence-electron chi connectivity index (χ0n) is 9.53. The van der Waals surface area contributed by atoms with Crippen LogP contribution >= 0.6 is 0 Å². The van der Waals surface area contributed by atoms with Crippen LogP contribution in [0.4, 0.5) is 0 Å². The van der Waals surface area contributed by atoms with Crippen molar-refractivity contribution in [1.29, 1.82) is 0 Å². The predicted octanol–water partition coefficient (Wildman–Crippen LogP) is 3.34. The largest absolute Gasteiger partial charge is 0.314 e. The molecule has 0 aromatic heterocycles. The van der Waals surface area contributed by atoms with E-state index in [0.29, 0.717) is 5.41 Å². The molecule has 0 spiro atoms. The highest BCUT2D eigenvalue weighted by atomic mass is 14.9. The summed E-state index contributed by atoms with van der Waals surface area (Å²) in [7, 11) is 0. The van der Waals surface area contributed by atoms with Crippen molar-refractivity contribution in [3.63, 3.8) is 0 Å². The maximum Gasteiger partial charge on any atom is 0.00721 e. The van der Waals surface area contributed by atoms with Gasteiger partial charge in [-0.2, -0.15) is 0 Å². The van der Waals surface area contributed by atoms with E-state index in [1.54, 1.807) is 0 Å². The Morgan fingerprint density at radius 1 is 1.38 bits per heavy atom. The van der Waals surface area contributed by atoms with E-state index in [0.717, 1.165) is 6.04 Å². The Morgan fingerprint density at radius 3 is 2.77 bits per heavy atom. The van der Waals surface area contributed by atoms with Gasteiger partial charge in [-0.3, -0.25) is 0 Å². The molecule has 0 aromatic carbocycles. The normalized spacial score (nSPS) is 27.5. The van der Waals surface area contributed by atoms with Crippen molar-refractivity contribution in [2.24, 2.45) is 5.41 Å². The van der Waals surface area contributed by atoms with Gasteiger partial charge in [0.05, 0.1) is 0 Å². The molecular formula is C12H25N. The van der Waals surface area contributed by atoms with Crippen LogP contribution in [0.2, 0.25) is 0 Å². The van der Waals surface area contributed by atoms with Crippen LogP contribution in [0.1, 0.15) is 59.3 Å². The number of rotatable bonds is 4. The molecule has 1 fully saturated rings. The monoisotopic (exact) mass is 183 g/mol. The van der Waals surface area contributed by atoms with E-state index in [9.17, 15) is 0 Å². The van der Waals surface area contributed by atoms with Crippen LogP contribution in [0.3, 0.4) is 0 Å². The molecule has 1 heteroatoms. The van der Waals surface area contributed by atoms with Crippen LogP contribution in [-0.2, 0) is 0 Å². The number of nitrogens with one attached hydrogen (secondary N) is 1. The van der Waals surface area contributed by atoms with Gasteiger partial charge in [-0.1, -0.05) is 33.6 Å². The Kier molecular flexibility index (Phi) is 4.24. The smallest absolute Gasteiger partial charge is 0.00721 e. The fourth-order valence-corrected chi connectivity index (χ4v) is 2.36. The summed E-state index contributed by atoms with van der Waals surface area (Å²) in [5.74, 6) is 0. The van der Waals surface area contributed by atoms with Gasteiger partial charge in [0.1, 0.15) is 0 Å². The van der Waals surface area contributed by atoms with Crippen molar-refractivity contribution in [2.75, 3.05) is 6.54 Å². The van der Waals surface area contributed by atoms with Crippen LogP contribution in [-0.4, -0.2) is 12.6 Å². The lowest BCUT2D eigenvalue weighted by Crippen LogP contribution is -2.37. The molecule has 1 saturated carbocycles. The lowest BCUT2D eigenvalue weighted by Gasteiger charge is -2.35. The first-order chi connectivity index (χ1) is 6.14. The van der Waals surface area contributed by atoms with Gasteiger partial charge in [0, 0.05) is 6.04 Å². The van der Waals surface area contributed by atoms with Crippen molar-refractivity contribution in [2.45, 2.75) is 65.3 Å². The molecule has 0 saturated heterocycles. The molecule has 78 valence electrons. The Bertz CT molecular complexity index is 140. The fourth-order valence-electron chi connectivity index (χ4n) is 2.36. The summed E-state index contributed by atoms with van der Waals surface area (Å²) >= 11 is 0. The predicted molar refractivity (Wildman–Crippen MR) is 58.9 cm³/mol. The van der Waals surface area contributed by atoms with Gasteiger partial charge in [-0.25, -0.2) is 0 Å². The topological polar surface area (TPSA) is 12.0 Å². The van der Waals surface area contributed by atoms with E-state index in [1.807, 2.05) is 0 Å². The summed E-state index contributed by atoms with van der Waals surface area (Å²) in [6, 6.07) is 0.801. The van der Waals surface area contributed by atoms with Gasteiger partial charge in [0.15, 0.2) is 0 Å². The highest BCUT2D eigenvalue weighted by Gasteiger charge is 2.27. The minimum absolute atomic E-state index is 0.585. The standard InChI is InChI=1S/C12H25N/c1-4-5-9-13-11-7-6-8-12(2,3)10-11/h11,13H,4-10H2,1-3H3. The van der Waals surface area contributed by atoms with Gasteiger partial charge >= 0.3 is 0 Å². The van der Waals surface area contributed by atoms with Crippen molar-refractivity contribution >= 4 is 0 Å². The average Bonchev–Trinajstić information content (AvgIpc) is 2.03. The van der Waals surface area contributed by atoms with E-state index >= 15 is 0 Å². The van der Waals surface area contributed by atoms with Crippen LogP contribution in [0.25, 0.3) is 0 Å².